The highest BCUT2D eigenvalue weighted by Gasteiger charge is 2.42. The summed E-state index contributed by atoms with van der Waals surface area (Å²) < 4.78 is 0. The molecule has 1 aromatic carbocycles. The number of amides is 1. The van der Waals surface area contributed by atoms with E-state index in [-0.39, 0.29) is 5.91 Å². The largest absolute Gasteiger partial charge is 0.479 e. The lowest BCUT2D eigenvalue weighted by Crippen LogP contribution is -2.54. The molecule has 4 nitrogen and oxygen atoms in total. The molecule has 1 atom stereocenters. The zero-order chi connectivity index (χ0) is 14.6. The highest BCUT2D eigenvalue weighted by atomic mass is 32.2. The van der Waals surface area contributed by atoms with Crippen molar-refractivity contribution in [1.82, 2.24) is 5.32 Å². The maximum absolute atomic E-state index is 11.9. The van der Waals surface area contributed by atoms with Gasteiger partial charge in [0.25, 0.3) is 0 Å². The van der Waals surface area contributed by atoms with Crippen LogP contribution in [0.2, 0.25) is 0 Å². The molecule has 0 aliphatic carbocycles. The van der Waals surface area contributed by atoms with E-state index in [2.05, 4.69) is 5.32 Å². The van der Waals surface area contributed by atoms with Gasteiger partial charge in [-0.05, 0) is 30.7 Å². The zero-order valence-corrected chi connectivity index (χ0v) is 12.1. The van der Waals surface area contributed by atoms with Gasteiger partial charge in [0, 0.05) is 11.8 Å². The zero-order valence-electron chi connectivity index (χ0n) is 11.3. The first-order chi connectivity index (χ1) is 9.52. The maximum atomic E-state index is 11.9. The molecule has 0 bridgehead atoms. The summed E-state index contributed by atoms with van der Waals surface area (Å²) in [5.41, 5.74) is 0.953. The fourth-order valence-electron chi connectivity index (χ4n) is 2.01. The third-order valence-electron chi connectivity index (χ3n) is 3.30. The minimum Gasteiger partial charge on any atom is -0.479 e. The minimum absolute atomic E-state index is 0.365. The van der Waals surface area contributed by atoms with Crippen LogP contribution in [0.5, 0.6) is 0 Å². The van der Waals surface area contributed by atoms with Crippen molar-refractivity contribution < 1.29 is 14.7 Å². The molecule has 2 rings (SSSR count). The second kappa shape index (κ2) is 6.13. The van der Waals surface area contributed by atoms with E-state index < -0.39 is 11.5 Å². The third-order valence-corrected chi connectivity index (χ3v) is 4.49. The van der Waals surface area contributed by atoms with Gasteiger partial charge in [0.2, 0.25) is 5.91 Å². The van der Waals surface area contributed by atoms with E-state index in [0.29, 0.717) is 12.2 Å². The smallest absolute Gasteiger partial charge is 0.330 e. The Morgan fingerprint density at radius 2 is 2.05 bits per heavy atom. The van der Waals surface area contributed by atoms with E-state index >= 15 is 0 Å². The molecule has 1 amide bonds. The number of carbonyl (C=O) groups is 2. The molecule has 0 aromatic heterocycles. The minimum atomic E-state index is -1.11. The van der Waals surface area contributed by atoms with Gasteiger partial charge in [0.15, 0.2) is 0 Å². The van der Waals surface area contributed by atoms with Gasteiger partial charge in [-0.1, -0.05) is 29.8 Å². The molecule has 1 heterocycles. The number of rotatable bonds is 4. The number of thioether (sulfide) groups is 1. The highest BCUT2D eigenvalue weighted by Crippen LogP contribution is 2.28. The molecular weight excluding hydrogens is 274 g/mol. The summed E-state index contributed by atoms with van der Waals surface area (Å²) in [5, 5.41) is 11.9. The lowest BCUT2D eigenvalue weighted by molar-refractivity contribution is -0.145. The Balaban J connectivity index is 2.01. The SMILES string of the molecule is Cc1ccc(C=CC(=O)NC2(C(=O)O)CCSC2)cc1. The quantitative estimate of drug-likeness (QED) is 0.834. The lowest BCUT2D eigenvalue weighted by Gasteiger charge is -2.23. The molecule has 0 spiro atoms. The number of benzene rings is 1. The number of aliphatic carboxylic acids is 1. The molecule has 2 N–H and O–H groups in total. The van der Waals surface area contributed by atoms with Crippen LogP contribution in [-0.4, -0.2) is 34.0 Å². The van der Waals surface area contributed by atoms with Crippen LogP contribution in [0.1, 0.15) is 17.5 Å². The highest BCUT2D eigenvalue weighted by molar-refractivity contribution is 7.99. The second-order valence-electron chi connectivity index (χ2n) is 4.92. The molecule has 106 valence electrons. The van der Waals surface area contributed by atoms with Crippen molar-refractivity contribution in [2.75, 3.05) is 11.5 Å². The van der Waals surface area contributed by atoms with Crippen LogP contribution < -0.4 is 5.32 Å². The predicted molar refractivity (Wildman–Crippen MR) is 80.7 cm³/mol. The Morgan fingerprint density at radius 1 is 1.35 bits per heavy atom. The van der Waals surface area contributed by atoms with Crippen LogP contribution in [0.25, 0.3) is 6.08 Å². The normalized spacial score (nSPS) is 22.1. The maximum Gasteiger partial charge on any atom is 0.330 e. The molecule has 1 aromatic rings. The molecule has 0 radical (unpaired) electrons. The van der Waals surface area contributed by atoms with E-state index in [1.807, 2.05) is 31.2 Å². The first-order valence-corrected chi connectivity index (χ1v) is 7.55. The predicted octanol–water partition coefficient (Wildman–Crippen LogP) is 2.08. The summed E-state index contributed by atoms with van der Waals surface area (Å²) in [6.45, 7) is 1.99. The van der Waals surface area contributed by atoms with Crippen LogP contribution in [0.4, 0.5) is 0 Å². The molecule has 20 heavy (non-hydrogen) atoms. The Labute approximate surface area is 122 Å². The number of carboxylic acids is 1. The fourth-order valence-corrected chi connectivity index (χ4v) is 3.34. The topological polar surface area (TPSA) is 66.4 Å². The summed E-state index contributed by atoms with van der Waals surface area (Å²) in [7, 11) is 0. The molecule has 1 unspecified atom stereocenters. The number of aryl methyl sites for hydroxylation is 1. The van der Waals surface area contributed by atoms with Crippen LogP contribution in [-0.2, 0) is 9.59 Å². The average molecular weight is 291 g/mol. The number of carboxylic acid groups (broad SMARTS) is 1. The van der Waals surface area contributed by atoms with Crippen molar-refractivity contribution in [1.29, 1.82) is 0 Å². The lowest BCUT2D eigenvalue weighted by atomic mass is 9.99. The summed E-state index contributed by atoms with van der Waals surface area (Å²) in [5.74, 6) is -0.143. The molecule has 5 heteroatoms. The molecule has 1 aliphatic heterocycles. The van der Waals surface area contributed by atoms with Crippen LogP contribution in [0, 0.1) is 6.92 Å². The van der Waals surface area contributed by atoms with Crippen molar-refractivity contribution in [2.24, 2.45) is 0 Å². The monoisotopic (exact) mass is 291 g/mol. The van der Waals surface area contributed by atoms with E-state index in [0.717, 1.165) is 16.9 Å². The van der Waals surface area contributed by atoms with Gasteiger partial charge in [-0.3, -0.25) is 4.79 Å². The van der Waals surface area contributed by atoms with E-state index in [1.165, 1.54) is 6.08 Å². The van der Waals surface area contributed by atoms with Gasteiger partial charge in [0.05, 0.1) is 0 Å². The van der Waals surface area contributed by atoms with Crippen molar-refractivity contribution >= 4 is 29.7 Å². The summed E-state index contributed by atoms with van der Waals surface area (Å²) in [6.07, 6.45) is 3.54. The fraction of sp³-hybridized carbons (Fsp3) is 0.333. The van der Waals surface area contributed by atoms with Crippen LogP contribution in [0.15, 0.2) is 30.3 Å². The molecule has 0 saturated carbocycles. The Morgan fingerprint density at radius 3 is 2.60 bits per heavy atom. The molecule has 1 aliphatic rings. The van der Waals surface area contributed by atoms with Crippen molar-refractivity contribution in [2.45, 2.75) is 18.9 Å². The summed E-state index contributed by atoms with van der Waals surface area (Å²) in [6, 6.07) is 7.75. The first kappa shape index (κ1) is 14.7. The van der Waals surface area contributed by atoms with E-state index in [4.69, 9.17) is 0 Å². The standard InChI is InChI=1S/C15H17NO3S/c1-11-2-4-12(5-3-11)6-7-13(17)16-15(14(18)19)8-9-20-10-15/h2-7H,8-10H2,1H3,(H,16,17)(H,18,19). The molecule has 1 fully saturated rings. The third kappa shape index (κ3) is 3.42. The summed E-state index contributed by atoms with van der Waals surface area (Å²) in [4.78, 5) is 23.2. The number of nitrogens with one attached hydrogen (secondary N) is 1. The van der Waals surface area contributed by atoms with Gasteiger partial charge in [-0.25, -0.2) is 4.79 Å². The van der Waals surface area contributed by atoms with Crippen molar-refractivity contribution in [3.05, 3.63) is 41.5 Å². The average Bonchev–Trinajstić information content (AvgIpc) is 2.88. The Bertz CT molecular complexity index is 531. The van der Waals surface area contributed by atoms with Crippen LogP contribution >= 0.6 is 11.8 Å². The Kier molecular flexibility index (Phi) is 4.49. The van der Waals surface area contributed by atoms with Gasteiger partial charge in [-0.2, -0.15) is 11.8 Å². The van der Waals surface area contributed by atoms with Gasteiger partial charge in [0.1, 0.15) is 5.54 Å². The summed E-state index contributed by atoms with van der Waals surface area (Å²) >= 11 is 1.55. The molecule has 1 saturated heterocycles. The van der Waals surface area contributed by atoms with Gasteiger partial charge >= 0.3 is 5.97 Å². The second-order valence-corrected chi connectivity index (χ2v) is 6.03. The Hall–Kier alpha value is -1.75. The first-order valence-electron chi connectivity index (χ1n) is 6.40. The number of carbonyl (C=O) groups excluding carboxylic acids is 1. The van der Waals surface area contributed by atoms with Gasteiger partial charge < -0.3 is 10.4 Å². The van der Waals surface area contributed by atoms with E-state index in [1.54, 1.807) is 17.8 Å². The van der Waals surface area contributed by atoms with Crippen molar-refractivity contribution in [3.8, 4) is 0 Å². The van der Waals surface area contributed by atoms with Crippen LogP contribution in [0.3, 0.4) is 0 Å². The number of hydrogen-bond donors (Lipinski definition) is 2. The van der Waals surface area contributed by atoms with E-state index in [9.17, 15) is 14.7 Å². The number of hydrogen-bond acceptors (Lipinski definition) is 3. The van der Waals surface area contributed by atoms with Crippen molar-refractivity contribution in [3.63, 3.8) is 0 Å². The molecular formula is C15H17NO3S. The van der Waals surface area contributed by atoms with Gasteiger partial charge in [-0.15, -0.1) is 0 Å².